The Morgan fingerprint density at radius 1 is 1.47 bits per heavy atom. The molecule has 0 aromatic carbocycles. The van der Waals surface area contributed by atoms with Crippen molar-refractivity contribution in [2.45, 2.75) is 31.5 Å². The van der Waals surface area contributed by atoms with Crippen LogP contribution in [-0.4, -0.2) is 41.2 Å². The number of ether oxygens (including phenoxy) is 1. The average molecular weight is 261 g/mol. The molecule has 100 valence electrons. The number of piperazine rings is 1. The first-order chi connectivity index (χ1) is 9.24. The number of rotatable bonds is 1. The fraction of sp³-hybridized carbons (Fsp3) is 0.583. The van der Waals surface area contributed by atoms with E-state index >= 15 is 0 Å². The van der Waals surface area contributed by atoms with Gasteiger partial charge in [-0.2, -0.15) is 0 Å². The smallest absolute Gasteiger partial charge is 0.413 e. The van der Waals surface area contributed by atoms with E-state index in [1.165, 1.54) is 6.33 Å². The normalized spacial score (nSPS) is 31.9. The van der Waals surface area contributed by atoms with E-state index < -0.39 is 6.09 Å². The van der Waals surface area contributed by atoms with Gasteiger partial charge in [0, 0.05) is 25.2 Å². The van der Waals surface area contributed by atoms with Crippen molar-refractivity contribution in [3.8, 4) is 0 Å². The molecule has 1 saturated carbocycles. The summed E-state index contributed by atoms with van der Waals surface area (Å²) in [7, 11) is 0. The maximum Gasteiger partial charge on any atom is 0.413 e. The third-order valence-electron chi connectivity index (χ3n) is 3.96. The van der Waals surface area contributed by atoms with Gasteiger partial charge in [0.2, 0.25) is 0 Å². The number of nitrogens with zero attached hydrogens (tertiary/aromatic N) is 3. The number of hydrogen-bond donors (Lipinski definition) is 2. The Bertz CT molecular complexity index is 549. The number of carbonyl (C=O) groups is 1. The molecular formula is C12H15N5O2. The Morgan fingerprint density at radius 2 is 2.37 bits per heavy atom. The largest absolute Gasteiger partial charge is 0.441 e. The maximum absolute atomic E-state index is 11.4. The zero-order chi connectivity index (χ0) is 13.0. The number of cyclic esters (lactones) is 1. The van der Waals surface area contributed by atoms with Crippen molar-refractivity contribution >= 4 is 17.7 Å². The van der Waals surface area contributed by atoms with E-state index in [2.05, 4.69) is 25.5 Å². The zero-order valence-electron chi connectivity index (χ0n) is 10.6. The van der Waals surface area contributed by atoms with E-state index in [1.807, 2.05) is 6.92 Å². The highest BCUT2D eigenvalue weighted by atomic mass is 16.6. The SMILES string of the molecule is C[C@@H]1OC(=O)Nc2ncnc(N3CCNC4CC43)c21. The van der Waals surface area contributed by atoms with Crippen molar-refractivity contribution in [3.05, 3.63) is 11.9 Å². The topological polar surface area (TPSA) is 79.4 Å². The quantitative estimate of drug-likeness (QED) is 0.772. The minimum Gasteiger partial charge on any atom is -0.441 e. The number of aromatic nitrogens is 2. The van der Waals surface area contributed by atoms with Crippen LogP contribution in [0.2, 0.25) is 0 Å². The number of amides is 1. The molecule has 4 rings (SSSR count). The molecule has 3 heterocycles. The van der Waals surface area contributed by atoms with Crippen LogP contribution in [-0.2, 0) is 4.74 Å². The molecule has 0 bridgehead atoms. The highest BCUT2D eigenvalue weighted by molar-refractivity contribution is 5.88. The summed E-state index contributed by atoms with van der Waals surface area (Å²) < 4.78 is 5.22. The molecule has 1 aromatic rings. The molecule has 3 aliphatic rings. The molecule has 2 aliphatic heterocycles. The Kier molecular flexibility index (Phi) is 2.20. The molecular weight excluding hydrogens is 246 g/mol. The first-order valence-electron chi connectivity index (χ1n) is 6.56. The van der Waals surface area contributed by atoms with Gasteiger partial charge in [0.15, 0.2) is 0 Å². The lowest BCUT2D eigenvalue weighted by Gasteiger charge is -2.32. The lowest BCUT2D eigenvalue weighted by atomic mass is 10.1. The molecule has 2 N–H and O–H groups in total. The fourth-order valence-corrected chi connectivity index (χ4v) is 2.98. The van der Waals surface area contributed by atoms with E-state index in [1.54, 1.807) is 0 Å². The number of fused-ring (bicyclic) bond motifs is 2. The average Bonchev–Trinajstić information content (AvgIpc) is 3.16. The molecule has 1 aliphatic carbocycles. The van der Waals surface area contributed by atoms with Gasteiger partial charge in [-0.1, -0.05) is 0 Å². The third-order valence-corrected chi connectivity index (χ3v) is 3.96. The van der Waals surface area contributed by atoms with Gasteiger partial charge in [-0.3, -0.25) is 5.32 Å². The van der Waals surface area contributed by atoms with Crippen molar-refractivity contribution in [2.75, 3.05) is 23.3 Å². The van der Waals surface area contributed by atoms with Crippen molar-refractivity contribution in [2.24, 2.45) is 0 Å². The minimum atomic E-state index is -0.450. The summed E-state index contributed by atoms with van der Waals surface area (Å²) in [6.45, 7) is 3.74. The minimum absolute atomic E-state index is 0.313. The van der Waals surface area contributed by atoms with Gasteiger partial charge in [0.25, 0.3) is 0 Å². The fourth-order valence-electron chi connectivity index (χ4n) is 2.98. The number of carbonyl (C=O) groups excluding carboxylic acids is 1. The van der Waals surface area contributed by atoms with Crippen LogP contribution >= 0.6 is 0 Å². The van der Waals surface area contributed by atoms with Crippen LogP contribution in [0.1, 0.15) is 25.0 Å². The van der Waals surface area contributed by atoms with Gasteiger partial charge >= 0.3 is 6.09 Å². The van der Waals surface area contributed by atoms with Crippen molar-refractivity contribution < 1.29 is 9.53 Å². The number of nitrogens with one attached hydrogen (secondary N) is 2. The summed E-state index contributed by atoms with van der Waals surface area (Å²) in [5.74, 6) is 1.47. The van der Waals surface area contributed by atoms with Crippen LogP contribution in [0, 0.1) is 0 Å². The molecule has 0 radical (unpaired) electrons. The summed E-state index contributed by atoms with van der Waals surface area (Å²) in [6.07, 6.45) is 1.90. The summed E-state index contributed by atoms with van der Waals surface area (Å²) in [4.78, 5) is 22.3. The Hall–Kier alpha value is -1.89. The van der Waals surface area contributed by atoms with E-state index in [4.69, 9.17) is 4.74 Å². The molecule has 1 amide bonds. The summed E-state index contributed by atoms with van der Waals surface area (Å²) in [5.41, 5.74) is 0.884. The van der Waals surface area contributed by atoms with Gasteiger partial charge in [0.1, 0.15) is 24.1 Å². The van der Waals surface area contributed by atoms with Gasteiger partial charge in [-0.25, -0.2) is 14.8 Å². The van der Waals surface area contributed by atoms with E-state index in [9.17, 15) is 4.79 Å². The van der Waals surface area contributed by atoms with Crippen molar-refractivity contribution in [1.82, 2.24) is 15.3 Å². The first kappa shape index (κ1) is 11.0. The molecule has 1 saturated heterocycles. The predicted octanol–water partition coefficient (Wildman–Crippen LogP) is 0.650. The number of anilines is 2. The van der Waals surface area contributed by atoms with Gasteiger partial charge in [0.05, 0.1) is 5.56 Å². The van der Waals surface area contributed by atoms with Crippen LogP contribution in [0.25, 0.3) is 0 Å². The van der Waals surface area contributed by atoms with E-state index in [0.717, 1.165) is 30.9 Å². The maximum atomic E-state index is 11.4. The molecule has 19 heavy (non-hydrogen) atoms. The van der Waals surface area contributed by atoms with Crippen LogP contribution < -0.4 is 15.5 Å². The zero-order valence-corrected chi connectivity index (χ0v) is 10.6. The summed E-state index contributed by atoms with van der Waals surface area (Å²) in [5, 5.41) is 6.11. The van der Waals surface area contributed by atoms with Crippen LogP contribution in [0.4, 0.5) is 16.4 Å². The van der Waals surface area contributed by atoms with Crippen LogP contribution in [0.5, 0.6) is 0 Å². The van der Waals surface area contributed by atoms with Crippen LogP contribution in [0.3, 0.4) is 0 Å². The molecule has 1 aromatic heterocycles. The molecule has 3 atom stereocenters. The van der Waals surface area contributed by atoms with E-state index in [0.29, 0.717) is 17.9 Å². The second kappa shape index (κ2) is 3.80. The van der Waals surface area contributed by atoms with Gasteiger partial charge in [-0.15, -0.1) is 0 Å². The highest BCUT2D eigenvalue weighted by Gasteiger charge is 2.46. The Balaban J connectivity index is 1.76. The third kappa shape index (κ3) is 1.65. The first-order valence-corrected chi connectivity index (χ1v) is 6.56. The molecule has 2 unspecified atom stereocenters. The lowest BCUT2D eigenvalue weighted by molar-refractivity contribution is 0.116. The monoisotopic (exact) mass is 261 g/mol. The second-order valence-electron chi connectivity index (χ2n) is 5.19. The Morgan fingerprint density at radius 3 is 3.26 bits per heavy atom. The second-order valence-corrected chi connectivity index (χ2v) is 5.19. The standard InChI is InChI=1S/C12H15N5O2/c1-6-9-10(16-12(18)19-6)14-5-15-11(9)17-3-2-13-7-4-8(7)17/h5-8,13H,2-4H2,1H3,(H,14,15,16,18)/t6-,7?,8?/m0/s1. The van der Waals surface area contributed by atoms with Gasteiger partial charge in [-0.05, 0) is 13.3 Å². The van der Waals surface area contributed by atoms with Gasteiger partial charge < -0.3 is 15.0 Å². The van der Waals surface area contributed by atoms with Crippen molar-refractivity contribution in [1.29, 1.82) is 0 Å². The number of hydrogen-bond acceptors (Lipinski definition) is 6. The summed E-state index contributed by atoms with van der Waals surface area (Å²) in [6, 6.07) is 1.09. The molecule has 7 nitrogen and oxygen atoms in total. The van der Waals surface area contributed by atoms with Crippen LogP contribution in [0.15, 0.2) is 6.33 Å². The molecule has 2 fully saturated rings. The molecule has 7 heteroatoms. The molecule has 0 spiro atoms. The Labute approximate surface area is 110 Å². The predicted molar refractivity (Wildman–Crippen MR) is 68.1 cm³/mol. The summed E-state index contributed by atoms with van der Waals surface area (Å²) >= 11 is 0. The highest BCUT2D eigenvalue weighted by Crippen LogP contribution is 2.40. The van der Waals surface area contributed by atoms with Crippen molar-refractivity contribution in [3.63, 3.8) is 0 Å². The van der Waals surface area contributed by atoms with E-state index in [-0.39, 0.29) is 6.10 Å². The lowest BCUT2D eigenvalue weighted by Crippen LogP contribution is -2.44.